The first-order chi connectivity index (χ1) is 17.9. The summed E-state index contributed by atoms with van der Waals surface area (Å²) in [5, 5.41) is 17.6. The first-order valence-electron chi connectivity index (χ1n) is 11.8. The fraction of sp³-hybridized carbons (Fsp3) is 0.148. The first-order valence-corrected chi connectivity index (χ1v) is 11.8. The number of hydrogen-bond acceptors (Lipinski definition) is 6. The summed E-state index contributed by atoms with van der Waals surface area (Å²) in [6, 6.07) is 14.7. The van der Waals surface area contributed by atoms with Gasteiger partial charge in [0.1, 0.15) is 11.8 Å². The second kappa shape index (κ2) is 9.94. The number of fused-ring (bicyclic) bond motifs is 1. The molecule has 0 aliphatic carbocycles. The number of anilines is 3. The number of hydrogen-bond donors (Lipinski definition) is 3. The lowest BCUT2D eigenvalue weighted by atomic mass is 10.1. The molecule has 186 valence electrons. The summed E-state index contributed by atoms with van der Waals surface area (Å²) < 4.78 is 3.36. The van der Waals surface area contributed by atoms with E-state index >= 15 is 0 Å². The van der Waals surface area contributed by atoms with Crippen molar-refractivity contribution in [3.05, 3.63) is 95.7 Å². The van der Waals surface area contributed by atoms with Crippen LogP contribution in [-0.4, -0.2) is 42.7 Å². The molecule has 0 radical (unpaired) electrons. The minimum absolute atomic E-state index is 0.164. The molecule has 10 nitrogen and oxygen atoms in total. The van der Waals surface area contributed by atoms with Crippen LogP contribution >= 0.6 is 0 Å². The van der Waals surface area contributed by atoms with Crippen molar-refractivity contribution >= 4 is 34.5 Å². The van der Waals surface area contributed by atoms with Gasteiger partial charge in [-0.2, -0.15) is 10.2 Å². The maximum absolute atomic E-state index is 13.1. The van der Waals surface area contributed by atoms with Gasteiger partial charge in [-0.05, 0) is 68.3 Å². The van der Waals surface area contributed by atoms with Crippen molar-refractivity contribution in [2.45, 2.75) is 20.8 Å². The zero-order valence-electron chi connectivity index (χ0n) is 20.7. The van der Waals surface area contributed by atoms with Gasteiger partial charge in [-0.15, -0.1) is 0 Å². The SMILES string of the molecule is CCNC(=O)c1cn2ncnc(Nc3cc(C(=O)Nc4cccc(-n5cccn5)c4)ccc3C)c2c1C. The molecule has 3 N–H and O–H groups in total. The molecule has 3 heterocycles. The Morgan fingerprint density at radius 3 is 2.65 bits per heavy atom. The lowest BCUT2D eigenvalue weighted by molar-refractivity contribution is 0.0954. The molecule has 2 amide bonds. The molecule has 0 fully saturated rings. The minimum atomic E-state index is -0.245. The quantitative estimate of drug-likeness (QED) is 0.311. The molecule has 0 bridgehead atoms. The molecule has 0 saturated carbocycles. The smallest absolute Gasteiger partial charge is 0.255 e. The van der Waals surface area contributed by atoms with Crippen molar-refractivity contribution in [1.82, 2.24) is 29.7 Å². The Morgan fingerprint density at radius 1 is 1.00 bits per heavy atom. The maximum atomic E-state index is 13.1. The second-order valence-corrected chi connectivity index (χ2v) is 8.54. The van der Waals surface area contributed by atoms with E-state index in [2.05, 4.69) is 31.1 Å². The van der Waals surface area contributed by atoms with Gasteiger partial charge >= 0.3 is 0 Å². The third kappa shape index (κ3) is 4.76. The van der Waals surface area contributed by atoms with Crippen molar-refractivity contribution in [2.24, 2.45) is 0 Å². The summed E-state index contributed by atoms with van der Waals surface area (Å²) in [7, 11) is 0. The van der Waals surface area contributed by atoms with Crippen LogP contribution in [0.25, 0.3) is 11.2 Å². The number of benzene rings is 2. The van der Waals surface area contributed by atoms with Crippen LogP contribution in [-0.2, 0) is 0 Å². The maximum Gasteiger partial charge on any atom is 0.255 e. The zero-order chi connectivity index (χ0) is 25.9. The monoisotopic (exact) mass is 494 g/mol. The van der Waals surface area contributed by atoms with Crippen LogP contribution < -0.4 is 16.0 Å². The van der Waals surface area contributed by atoms with Gasteiger partial charge < -0.3 is 16.0 Å². The predicted molar refractivity (Wildman–Crippen MR) is 142 cm³/mol. The summed E-state index contributed by atoms with van der Waals surface area (Å²) in [4.78, 5) is 30.0. The summed E-state index contributed by atoms with van der Waals surface area (Å²) in [5.41, 5.74) is 5.63. The van der Waals surface area contributed by atoms with Gasteiger partial charge in [0.15, 0.2) is 5.82 Å². The van der Waals surface area contributed by atoms with Gasteiger partial charge in [0.25, 0.3) is 11.8 Å². The molecule has 0 aliphatic heterocycles. The van der Waals surface area contributed by atoms with Crippen LogP contribution in [0.15, 0.2) is 73.4 Å². The average molecular weight is 495 g/mol. The van der Waals surface area contributed by atoms with E-state index in [0.717, 1.165) is 22.5 Å². The van der Waals surface area contributed by atoms with Gasteiger partial charge in [0.05, 0.1) is 11.3 Å². The van der Waals surface area contributed by atoms with E-state index in [1.54, 1.807) is 33.7 Å². The van der Waals surface area contributed by atoms with Crippen molar-refractivity contribution < 1.29 is 9.59 Å². The van der Waals surface area contributed by atoms with E-state index in [1.165, 1.54) is 6.33 Å². The van der Waals surface area contributed by atoms with E-state index in [0.29, 0.717) is 34.7 Å². The van der Waals surface area contributed by atoms with Gasteiger partial charge in [-0.3, -0.25) is 9.59 Å². The van der Waals surface area contributed by atoms with E-state index in [-0.39, 0.29) is 11.8 Å². The lowest BCUT2D eigenvalue weighted by Crippen LogP contribution is -2.22. The van der Waals surface area contributed by atoms with Crippen LogP contribution in [0.5, 0.6) is 0 Å². The molecule has 5 aromatic rings. The van der Waals surface area contributed by atoms with E-state index in [4.69, 9.17) is 0 Å². The highest BCUT2D eigenvalue weighted by atomic mass is 16.2. The molecule has 0 atom stereocenters. The van der Waals surface area contributed by atoms with Crippen molar-refractivity contribution in [2.75, 3.05) is 17.2 Å². The molecule has 0 spiro atoms. The summed E-state index contributed by atoms with van der Waals surface area (Å²) >= 11 is 0. The van der Waals surface area contributed by atoms with E-state index < -0.39 is 0 Å². The van der Waals surface area contributed by atoms with Crippen LogP contribution in [0.2, 0.25) is 0 Å². The highest BCUT2D eigenvalue weighted by Gasteiger charge is 2.18. The number of aryl methyl sites for hydroxylation is 2. The fourth-order valence-electron chi connectivity index (χ4n) is 4.11. The molecule has 0 aliphatic rings. The lowest BCUT2D eigenvalue weighted by Gasteiger charge is -2.13. The number of rotatable bonds is 7. The highest BCUT2D eigenvalue weighted by Crippen LogP contribution is 2.28. The number of aromatic nitrogens is 5. The molecule has 2 aromatic carbocycles. The Labute approximate surface area is 213 Å². The standard InChI is InChI=1S/C27H26N8O2/c1-4-28-27(37)22-15-35-24(18(22)3)25(29-16-31-35)33-23-13-19(10-9-17(23)2)26(36)32-20-7-5-8-21(14-20)34-12-6-11-30-34/h5-16H,4H2,1-3H3,(H,28,37)(H,32,36)(H,29,31,33). The third-order valence-electron chi connectivity index (χ3n) is 6.03. The average Bonchev–Trinajstić information content (AvgIpc) is 3.55. The van der Waals surface area contributed by atoms with Gasteiger partial charge in [-0.25, -0.2) is 14.2 Å². The third-order valence-corrected chi connectivity index (χ3v) is 6.03. The first kappa shape index (κ1) is 23.7. The number of carbonyl (C=O) groups excluding carboxylic acids is 2. The number of nitrogens with one attached hydrogen (secondary N) is 3. The molecule has 37 heavy (non-hydrogen) atoms. The van der Waals surface area contributed by atoms with Crippen molar-refractivity contribution in [3.63, 3.8) is 0 Å². The molecule has 5 rings (SSSR count). The topological polar surface area (TPSA) is 118 Å². The number of amides is 2. The van der Waals surface area contributed by atoms with E-state index in [9.17, 15) is 9.59 Å². The van der Waals surface area contributed by atoms with Gasteiger partial charge in [0.2, 0.25) is 0 Å². The number of nitrogens with zero attached hydrogens (tertiary/aromatic N) is 5. The van der Waals surface area contributed by atoms with Crippen LogP contribution in [0.1, 0.15) is 38.8 Å². The summed E-state index contributed by atoms with van der Waals surface area (Å²) in [6.45, 7) is 6.21. The molecular formula is C27H26N8O2. The number of carbonyl (C=O) groups is 2. The molecule has 3 aromatic heterocycles. The van der Waals surface area contributed by atoms with Gasteiger partial charge in [0, 0.05) is 42.1 Å². The molecule has 10 heteroatoms. The predicted octanol–water partition coefficient (Wildman–Crippen LogP) is 4.28. The molecular weight excluding hydrogens is 468 g/mol. The van der Waals surface area contributed by atoms with Gasteiger partial charge in [-0.1, -0.05) is 12.1 Å². The second-order valence-electron chi connectivity index (χ2n) is 8.54. The summed E-state index contributed by atoms with van der Waals surface area (Å²) in [6.07, 6.45) is 6.66. The highest BCUT2D eigenvalue weighted by molar-refractivity contribution is 6.05. The van der Waals surface area contributed by atoms with Crippen molar-refractivity contribution in [1.29, 1.82) is 0 Å². The Balaban J connectivity index is 1.41. The molecule has 0 saturated heterocycles. The van der Waals surface area contributed by atoms with Crippen LogP contribution in [0.4, 0.5) is 17.2 Å². The Kier molecular flexibility index (Phi) is 6.38. The van der Waals surface area contributed by atoms with Crippen molar-refractivity contribution in [3.8, 4) is 5.69 Å². The Hall–Kier alpha value is -4.99. The largest absolute Gasteiger partial charge is 0.352 e. The molecule has 0 unspecified atom stereocenters. The van der Waals surface area contributed by atoms with E-state index in [1.807, 2.05) is 63.4 Å². The van der Waals surface area contributed by atoms with Crippen LogP contribution in [0.3, 0.4) is 0 Å². The zero-order valence-corrected chi connectivity index (χ0v) is 20.7. The normalized spacial score (nSPS) is 10.9. The Morgan fingerprint density at radius 2 is 1.86 bits per heavy atom. The Bertz CT molecular complexity index is 1600. The minimum Gasteiger partial charge on any atom is -0.352 e. The summed E-state index contributed by atoms with van der Waals surface area (Å²) in [5.74, 6) is 0.129. The fourth-order valence-corrected chi connectivity index (χ4v) is 4.11. The van der Waals surface area contributed by atoms with Crippen LogP contribution in [0, 0.1) is 13.8 Å².